The van der Waals surface area contributed by atoms with Crippen molar-refractivity contribution in [1.82, 2.24) is 29.8 Å². The van der Waals surface area contributed by atoms with Gasteiger partial charge in [-0.15, -0.1) is 10.2 Å². The van der Waals surface area contributed by atoms with Crippen molar-refractivity contribution in [2.75, 3.05) is 26.8 Å². The molecule has 0 radical (unpaired) electrons. The predicted octanol–water partition coefficient (Wildman–Crippen LogP) is 4.30. The zero-order valence-corrected chi connectivity index (χ0v) is 21.2. The molecule has 1 fully saturated rings. The highest BCUT2D eigenvalue weighted by Crippen LogP contribution is 2.40. The molecule has 1 aliphatic heterocycles. The Morgan fingerprint density at radius 1 is 1.23 bits per heavy atom. The third kappa shape index (κ3) is 5.59. The number of ether oxygens (including phenoxy) is 2. The first-order valence-electron chi connectivity index (χ1n) is 12.3. The molecular weight excluding hydrogens is 517 g/mol. The summed E-state index contributed by atoms with van der Waals surface area (Å²) in [6.45, 7) is 2.19. The minimum Gasteiger partial charge on any atom is -0.490 e. The first kappa shape index (κ1) is 26.6. The maximum atomic E-state index is 14.3. The molecular formula is C26H27F3N6O4. The van der Waals surface area contributed by atoms with Crippen LogP contribution >= 0.6 is 0 Å². The van der Waals surface area contributed by atoms with Gasteiger partial charge in [0.15, 0.2) is 11.5 Å². The number of likely N-dealkylation sites (tertiary alicyclic amines) is 1. The zero-order chi connectivity index (χ0) is 27.7. The molecule has 2 N–H and O–H groups in total. The van der Waals surface area contributed by atoms with Crippen LogP contribution in [0.1, 0.15) is 24.9 Å². The lowest BCUT2D eigenvalue weighted by Crippen LogP contribution is -2.40. The van der Waals surface area contributed by atoms with Crippen molar-refractivity contribution in [3.05, 3.63) is 54.2 Å². The molecule has 3 aromatic heterocycles. The topological polar surface area (TPSA) is 114 Å². The Kier molecular flexibility index (Phi) is 7.28. The van der Waals surface area contributed by atoms with Gasteiger partial charge in [-0.25, -0.2) is 9.78 Å². The average Bonchev–Trinajstić information content (AvgIpc) is 3.52. The SMILES string of the molecule is COC(C)COc1cc(-c2nnc3ccc([C@@H](N4CCC(NC(=O)O)C4)C(F)(F)F)cn23)nc2ccccc12. The van der Waals surface area contributed by atoms with E-state index < -0.39 is 24.4 Å². The quantitative estimate of drug-likeness (QED) is 0.338. The van der Waals surface area contributed by atoms with Crippen LogP contribution in [0.5, 0.6) is 5.75 Å². The largest absolute Gasteiger partial charge is 0.490 e. The lowest BCUT2D eigenvalue weighted by Gasteiger charge is -2.30. The second-order valence-electron chi connectivity index (χ2n) is 9.47. The van der Waals surface area contributed by atoms with Crippen LogP contribution in [0, 0.1) is 0 Å². The minimum atomic E-state index is -4.60. The molecule has 39 heavy (non-hydrogen) atoms. The van der Waals surface area contributed by atoms with Gasteiger partial charge >= 0.3 is 12.3 Å². The van der Waals surface area contributed by atoms with Crippen molar-refractivity contribution < 1.29 is 32.5 Å². The number of benzene rings is 1. The summed E-state index contributed by atoms with van der Waals surface area (Å²) in [5.74, 6) is 0.796. The number of carbonyl (C=O) groups is 1. The van der Waals surface area contributed by atoms with Crippen molar-refractivity contribution >= 4 is 22.6 Å². The molecule has 206 valence electrons. The fourth-order valence-electron chi connectivity index (χ4n) is 4.82. The minimum absolute atomic E-state index is 0.0155. The second kappa shape index (κ2) is 10.7. The molecule has 4 aromatic rings. The Balaban J connectivity index is 1.54. The first-order valence-corrected chi connectivity index (χ1v) is 12.3. The van der Waals surface area contributed by atoms with Crippen LogP contribution in [0.25, 0.3) is 28.1 Å². The van der Waals surface area contributed by atoms with Crippen molar-refractivity contribution in [2.24, 2.45) is 0 Å². The molecule has 0 bridgehead atoms. The molecule has 13 heteroatoms. The van der Waals surface area contributed by atoms with Gasteiger partial charge in [-0.2, -0.15) is 13.2 Å². The number of aromatic nitrogens is 4. The Morgan fingerprint density at radius 3 is 2.77 bits per heavy atom. The van der Waals surface area contributed by atoms with E-state index in [1.807, 2.05) is 31.2 Å². The van der Waals surface area contributed by atoms with Gasteiger partial charge < -0.3 is 19.9 Å². The summed E-state index contributed by atoms with van der Waals surface area (Å²) in [5, 5.41) is 20.4. The molecule has 1 aliphatic rings. The lowest BCUT2D eigenvalue weighted by molar-refractivity contribution is -0.184. The van der Waals surface area contributed by atoms with Crippen molar-refractivity contribution in [3.63, 3.8) is 0 Å². The van der Waals surface area contributed by atoms with Crippen LogP contribution in [0.15, 0.2) is 48.7 Å². The highest BCUT2D eigenvalue weighted by atomic mass is 19.4. The standard InChI is InChI=1S/C26H27F3N6O4/c1-15(38-2)14-39-21-11-20(31-19-6-4-3-5-18(19)21)24-33-32-22-8-7-16(12-35(22)24)23(26(27,28)29)34-10-9-17(13-34)30-25(36)37/h3-8,11-12,15,17,23,30H,9-10,13-14H2,1-2H3,(H,36,37)/t15?,17?,23-/m1/s1. The summed E-state index contributed by atoms with van der Waals surface area (Å²) in [6.07, 6.45) is -4.37. The number of amides is 1. The number of pyridine rings is 2. The van der Waals surface area contributed by atoms with E-state index >= 15 is 0 Å². The number of rotatable bonds is 8. The molecule has 2 unspecified atom stereocenters. The normalized spacial score (nSPS) is 17.9. The molecule has 1 amide bonds. The van der Waals surface area contributed by atoms with E-state index in [-0.39, 0.29) is 43.6 Å². The molecule has 0 aliphatic carbocycles. The Hall–Kier alpha value is -3.97. The van der Waals surface area contributed by atoms with E-state index in [1.54, 1.807) is 13.2 Å². The zero-order valence-electron chi connectivity index (χ0n) is 21.2. The number of para-hydroxylation sites is 1. The molecule has 10 nitrogen and oxygen atoms in total. The van der Waals surface area contributed by atoms with Crippen molar-refractivity contribution in [3.8, 4) is 17.3 Å². The summed E-state index contributed by atoms with van der Waals surface area (Å²) >= 11 is 0. The molecule has 0 spiro atoms. The fraction of sp³-hybridized carbons (Fsp3) is 0.385. The van der Waals surface area contributed by atoms with Crippen LogP contribution in [0.3, 0.4) is 0 Å². The van der Waals surface area contributed by atoms with Gasteiger partial charge in [-0.3, -0.25) is 9.30 Å². The molecule has 3 atom stereocenters. The number of alkyl halides is 3. The van der Waals surface area contributed by atoms with Crippen molar-refractivity contribution in [1.29, 1.82) is 0 Å². The molecule has 5 rings (SSSR count). The maximum Gasteiger partial charge on any atom is 0.408 e. The van der Waals surface area contributed by atoms with E-state index in [1.165, 1.54) is 27.6 Å². The molecule has 4 heterocycles. The van der Waals surface area contributed by atoms with Crippen LogP contribution in [-0.4, -0.2) is 80.8 Å². The van der Waals surface area contributed by atoms with Gasteiger partial charge in [0.05, 0.1) is 11.6 Å². The first-order chi connectivity index (χ1) is 18.6. The van der Waals surface area contributed by atoms with Gasteiger partial charge in [-0.1, -0.05) is 18.2 Å². The maximum absolute atomic E-state index is 14.3. The Bertz CT molecular complexity index is 1490. The average molecular weight is 545 g/mol. The van der Waals surface area contributed by atoms with Crippen LogP contribution in [0.4, 0.5) is 18.0 Å². The second-order valence-corrected chi connectivity index (χ2v) is 9.47. The smallest absolute Gasteiger partial charge is 0.408 e. The Morgan fingerprint density at radius 2 is 2.03 bits per heavy atom. The number of halogens is 3. The monoisotopic (exact) mass is 544 g/mol. The fourth-order valence-corrected chi connectivity index (χ4v) is 4.82. The number of carboxylic acid groups (broad SMARTS) is 1. The highest BCUT2D eigenvalue weighted by Gasteiger charge is 2.47. The summed E-state index contributed by atoms with van der Waals surface area (Å²) in [7, 11) is 1.59. The van der Waals surface area contributed by atoms with E-state index in [9.17, 15) is 18.0 Å². The number of hydrogen-bond donors (Lipinski definition) is 2. The number of hydrogen-bond acceptors (Lipinski definition) is 7. The summed E-state index contributed by atoms with van der Waals surface area (Å²) in [5.41, 5.74) is 1.35. The Labute approximate surface area is 221 Å². The predicted molar refractivity (Wildman–Crippen MR) is 136 cm³/mol. The molecule has 1 aromatic carbocycles. The number of methoxy groups -OCH3 is 1. The summed E-state index contributed by atoms with van der Waals surface area (Å²) in [4.78, 5) is 16.9. The van der Waals surface area contributed by atoms with Gasteiger partial charge in [-0.05, 0) is 37.1 Å². The van der Waals surface area contributed by atoms with E-state index in [0.29, 0.717) is 22.6 Å². The van der Waals surface area contributed by atoms with Crippen LogP contribution in [0.2, 0.25) is 0 Å². The van der Waals surface area contributed by atoms with E-state index in [4.69, 9.17) is 14.6 Å². The lowest BCUT2D eigenvalue weighted by atomic mass is 10.1. The van der Waals surface area contributed by atoms with E-state index in [2.05, 4.69) is 20.5 Å². The third-order valence-electron chi connectivity index (χ3n) is 6.75. The number of nitrogens with zero attached hydrogens (tertiary/aromatic N) is 5. The van der Waals surface area contributed by atoms with Gasteiger partial charge in [0, 0.05) is 43.9 Å². The highest BCUT2D eigenvalue weighted by molar-refractivity contribution is 5.87. The molecule has 1 saturated heterocycles. The third-order valence-corrected chi connectivity index (χ3v) is 6.75. The summed E-state index contributed by atoms with van der Waals surface area (Å²) in [6, 6.07) is 9.41. The van der Waals surface area contributed by atoms with Gasteiger partial charge in [0.2, 0.25) is 0 Å². The van der Waals surface area contributed by atoms with Crippen LogP contribution in [-0.2, 0) is 4.74 Å². The van der Waals surface area contributed by atoms with Gasteiger partial charge in [0.25, 0.3) is 0 Å². The van der Waals surface area contributed by atoms with Crippen molar-refractivity contribution in [2.45, 2.75) is 37.7 Å². The van der Waals surface area contributed by atoms with Crippen LogP contribution < -0.4 is 10.1 Å². The summed E-state index contributed by atoms with van der Waals surface area (Å²) < 4.78 is 55.8. The molecule has 0 saturated carbocycles. The van der Waals surface area contributed by atoms with E-state index in [0.717, 1.165) is 5.39 Å². The number of fused-ring (bicyclic) bond motifs is 2. The van der Waals surface area contributed by atoms with Gasteiger partial charge in [0.1, 0.15) is 24.1 Å². The number of nitrogens with one attached hydrogen (secondary N) is 1.